The minimum Gasteiger partial charge on any atom is -0.304 e. The molecule has 2 atom stereocenters. The van der Waals surface area contributed by atoms with Crippen molar-refractivity contribution in [2.75, 3.05) is 0 Å². The van der Waals surface area contributed by atoms with Crippen LogP contribution < -0.4 is 10.6 Å². The quantitative estimate of drug-likeness (QED) is 0.824. The first-order valence-corrected chi connectivity index (χ1v) is 8.24. The summed E-state index contributed by atoms with van der Waals surface area (Å²) in [7, 11) is 0. The number of hydrogen-bond donors (Lipinski definition) is 2. The van der Waals surface area contributed by atoms with Gasteiger partial charge in [-0.25, -0.2) is 0 Å². The van der Waals surface area contributed by atoms with Crippen LogP contribution in [-0.2, 0) is 0 Å². The molecule has 0 bridgehead atoms. The van der Waals surface area contributed by atoms with Gasteiger partial charge in [0.2, 0.25) is 0 Å². The summed E-state index contributed by atoms with van der Waals surface area (Å²) in [5.74, 6) is 0. The molecule has 0 aromatic carbocycles. The Morgan fingerprint density at radius 3 is 1.50 bits per heavy atom. The van der Waals surface area contributed by atoms with Gasteiger partial charge in [0.25, 0.3) is 0 Å². The van der Waals surface area contributed by atoms with Crippen LogP contribution in [0.2, 0.25) is 0 Å². The van der Waals surface area contributed by atoms with Crippen molar-refractivity contribution in [1.29, 1.82) is 0 Å². The first-order valence-electron chi connectivity index (χ1n) is 8.24. The summed E-state index contributed by atoms with van der Waals surface area (Å²) in [5.41, 5.74) is 2.19. The Balaban J connectivity index is 1.66. The number of rotatable bonds is 7. The molecule has 2 fully saturated rings. The molecule has 0 saturated heterocycles. The van der Waals surface area contributed by atoms with Crippen LogP contribution in [0.4, 0.5) is 0 Å². The Bertz CT molecular complexity index is 537. The van der Waals surface area contributed by atoms with Crippen LogP contribution in [0.1, 0.15) is 49.2 Å². The van der Waals surface area contributed by atoms with Crippen molar-refractivity contribution in [2.45, 2.75) is 49.9 Å². The second-order valence-electron chi connectivity index (χ2n) is 6.35. The molecule has 2 aliphatic rings. The summed E-state index contributed by atoms with van der Waals surface area (Å²) in [6.07, 6.45) is 8.82. The van der Waals surface area contributed by atoms with Crippen LogP contribution >= 0.6 is 0 Å². The van der Waals surface area contributed by atoms with E-state index in [2.05, 4.69) is 44.9 Å². The van der Waals surface area contributed by atoms with E-state index in [0.717, 1.165) is 11.4 Å². The number of aromatic nitrogens is 2. The minimum absolute atomic E-state index is 0.171. The highest BCUT2D eigenvalue weighted by Gasteiger charge is 2.35. The van der Waals surface area contributed by atoms with Crippen LogP contribution in [0.15, 0.2) is 48.8 Å². The molecule has 22 heavy (non-hydrogen) atoms. The normalized spacial score (nSPS) is 20.5. The molecule has 0 aliphatic heterocycles. The van der Waals surface area contributed by atoms with Crippen molar-refractivity contribution in [1.82, 2.24) is 20.6 Å². The highest BCUT2D eigenvalue weighted by atomic mass is 15.1. The smallest absolute Gasteiger partial charge is 0.0710 e. The Hall–Kier alpha value is -1.78. The lowest BCUT2D eigenvalue weighted by Gasteiger charge is -2.28. The molecule has 4 nitrogen and oxygen atoms in total. The van der Waals surface area contributed by atoms with Gasteiger partial charge in [0.1, 0.15) is 0 Å². The van der Waals surface area contributed by atoms with Gasteiger partial charge in [-0.05, 0) is 49.9 Å². The zero-order valence-electron chi connectivity index (χ0n) is 12.7. The van der Waals surface area contributed by atoms with Crippen LogP contribution in [0.25, 0.3) is 0 Å². The van der Waals surface area contributed by atoms with Gasteiger partial charge in [-0.1, -0.05) is 12.1 Å². The maximum absolute atomic E-state index is 4.60. The lowest BCUT2D eigenvalue weighted by Crippen LogP contribution is -2.38. The van der Waals surface area contributed by atoms with Gasteiger partial charge in [-0.3, -0.25) is 9.97 Å². The van der Waals surface area contributed by atoms with Gasteiger partial charge in [0, 0.05) is 24.5 Å². The second kappa shape index (κ2) is 6.15. The van der Waals surface area contributed by atoms with Crippen LogP contribution in [0.3, 0.4) is 0 Å². The van der Waals surface area contributed by atoms with E-state index in [1.807, 2.05) is 24.5 Å². The van der Waals surface area contributed by atoms with Gasteiger partial charge in [0.15, 0.2) is 0 Å². The number of hydrogen-bond acceptors (Lipinski definition) is 4. The second-order valence-corrected chi connectivity index (χ2v) is 6.35. The van der Waals surface area contributed by atoms with Crippen molar-refractivity contribution in [3.63, 3.8) is 0 Å². The predicted molar refractivity (Wildman–Crippen MR) is 86.3 cm³/mol. The lowest BCUT2D eigenvalue weighted by molar-refractivity contribution is 0.366. The van der Waals surface area contributed by atoms with Gasteiger partial charge >= 0.3 is 0 Å². The maximum Gasteiger partial charge on any atom is 0.0710 e. The molecule has 2 aromatic rings. The largest absolute Gasteiger partial charge is 0.304 e. The Labute approximate surface area is 131 Å². The predicted octanol–water partition coefficient (Wildman–Crippen LogP) is 2.76. The van der Waals surface area contributed by atoms with E-state index in [1.165, 1.54) is 25.7 Å². The summed E-state index contributed by atoms with van der Waals surface area (Å²) in [5, 5.41) is 7.55. The van der Waals surface area contributed by atoms with E-state index in [-0.39, 0.29) is 12.1 Å². The SMILES string of the molecule is c1ccc([C@@H](NC2CC2)[C@H](NC2CC2)c2ccccn2)nc1. The van der Waals surface area contributed by atoms with Crippen LogP contribution in [0, 0.1) is 0 Å². The molecular formula is C18H22N4. The third kappa shape index (κ3) is 3.34. The van der Waals surface area contributed by atoms with E-state index in [4.69, 9.17) is 0 Å². The van der Waals surface area contributed by atoms with E-state index in [9.17, 15) is 0 Å². The molecule has 0 amide bonds. The Morgan fingerprint density at radius 1 is 0.727 bits per heavy atom. The molecule has 2 aromatic heterocycles. The molecule has 2 aliphatic carbocycles. The van der Waals surface area contributed by atoms with E-state index in [0.29, 0.717) is 12.1 Å². The van der Waals surface area contributed by atoms with Crippen molar-refractivity contribution in [3.8, 4) is 0 Å². The fraction of sp³-hybridized carbons (Fsp3) is 0.444. The van der Waals surface area contributed by atoms with Gasteiger partial charge in [-0.2, -0.15) is 0 Å². The molecule has 2 heterocycles. The van der Waals surface area contributed by atoms with E-state index in [1.54, 1.807) is 0 Å². The van der Waals surface area contributed by atoms with Crippen molar-refractivity contribution in [3.05, 3.63) is 60.2 Å². The standard InChI is InChI=1S/C18H22N4/c1-3-11-19-15(5-1)17(21-13-7-8-13)18(22-14-9-10-14)16-6-2-4-12-20-16/h1-6,11-14,17-18,21-22H,7-10H2/t17-,18-/m1/s1. The molecule has 2 N–H and O–H groups in total. The zero-order chi connectivity index (χ0) is 14.8. The molecule has 0 radical (unpaired) electrons. The fourth-order valence-electron chi connectivity index (χ4n) is 2.83. The summed E-state index contributed by atoms with van der Waals surface area (Å²) in [6.45, 7) is 0. The molecule has 0 spiro atoms. The topological polar surface area (TPSA) is 49.8 Å². The van der Waals surface area contributed by atoms with Gasteiger partial charge in [0.05, 0.1) is 23.5 Å². The third-order valence-corrected chi connectivity index (χ3v) is 4.33. The molecule has 0 unspecified atom stereocenters. The van der Waals surface area contributed by atoms with Crippen molar-refractivity contribution in [2.24, 2.45) is 0 Å². The molecule has 4 rings (SSSR count). The lowest BCUT2D eigenvalue weighted by atomic mass is 9.99. The fourth-order valence-corrected chi connectivity index (χ4v) is 2.83. The van der Waals surface area contributed by atoms with Crippen molar-refractivity contribution < 1.29 is 0 Å². The highest BCUT2D eigenvalue weighted by molar-refractivity contribution is 5.20. The van der Waals surface area contributed by atoms with Crippen LogP contribution in [0.5, 0.6) is 0 Å². The minimum atomic E-state index is 0.171. The first-order chi connectivity index (χ1) is 10.9. The summed E-state index contributed by atoms with van der Waals surface area (Å²) < 4.78 is 0. The number of pyridine rings is 2. The summed E-state index contributed by atoms with van der Waals surface area (Å²) in [4.78, 5) is 9.21. The average Bonchev–Trinajstić information content (AvgIpc) is 3.47. The monoisotopic (exact) mass is 294 g/mol. The number of nitrogens with one attached hydrogen (secondary N) is 2. The Morgan fingerprint density at radius 2 is 1.18 bits per heavy atom. The molecule has 4 heteroatoms. The van der Waals surface area contributed by atoms with E-state index >= 15 is 0 Å². The molecular weight excluding hydrogens is 272 g/mol. The highest BCUT2D eigenvalue weighted by Crippen LogP contribution is 2.34. The third-order valence-electron chi connectivity index (χ3n) is 4.33. The van der Waals surface area contributed by atoms with Gasteiger partial charge in [-0.15, -0.1) is 0 Å². The average molecular weight is 294 g/mol. The molecule has 114 valence electrons. The zero-order valence-corrected chi connectivity index (χ0v) is 12.7. The van der Waals surface area contributed by atoms with E-state index < -0.39 is 0 Å². The summed E-state index contributed by atoms with van der Waals surface area (Å²) in [6, 6.07) is 13.9. The van der Waals surface area contributed by atoms with Gasteiger partial charge < -0.3 is 10.6 Å². The summed E-state index contributed by atoms with van der Waals surface area (Å²) >= 11 is 0. The Kier molecular flexibility index (Phi) is 3.87. The first kappa shape index (κ1) is 13.9. The van der Waals surface area contributed by atoms with Crippen LogP contribution in [-0.4, -0.2) is 22.1 Å². The number of nitrogens with zero attached hydrogens (tertiary/aromatic N) is 2. The maximum atomic E-state index is 4.60. The van der Waals surface area contributed by atoms with Crippen molar-refractivity contribution >= 4 is 0 Å². The molecule has 2 saturated carbocycles.